The van der Waals surface area contributed by atoms with Crippen LogP contribution in [0.5, 0.6) is 11.5 Å². The number of hydrazine groups is 1. The Bertz CT molecular complexity index is 1290. The smallest absolute Gasteiger partial charge is 0.287 e. The van der Waals surface area contributed by atoms with E-state index in [1.807, 2.05) is 11.8 Å². The highest BCUT2D eigenvalue weighted by molar-refractivity contribution is 7.89. The van der Waals surface area contributed by atoms with Gasteiger partial charge in [-0.15, -0.1) is 4.83 Å². The molecule has 0 saturated heterocycles. The lowest BCUT2D eigenvalue weighted by molar-refractivity contribution is 0.0939. The predicted molar refractivity (Wildman–Crippen MR) is 114 cm³/mol. The number of benzene rings is 2. The van der Waals surface area contributed by atoms with E-state index in [4.69, 9.17) is 9.47 Å². The topological polar surface area (TPSA) is 129 Å². The van der Waals surface area contributed by atoms with Gasteiger partial charge in [-0.1, -0.05) is 25.1 Å². The summed E-state index contributed by atoms with van der Waals surface area (Å²) < 4.78 is 36.7. The largest absolute Gasteiger partial charge is 0.493 e. The van der Waals surface area contributed by atoms with Crippen LogP contribution in [0.25, 0.3) is 10.8 Å². The number of ether oxygens (including phenoxy) is 2. The number of nitrogens with zero attached hydrogens (tertiary/aromatic N) is 2. The third-order valence-corrected chi connectivity index (χ3v) is 5.73. The molecular formula is C20H22N4O6S. The Kier molecular flexibility index (Phi) is 6.56. The molecule has 1 heterocycles. The molecule has 3 rings (SSSR count). The van der Waals surface area contributed by atoms with E-state index in [0.29, 0.717) is 29.5 Å². The van der Waals surface area contributed by atoms with E-state index in [1.165, 1.54) is 37.1 Å². The van der Waals surface area contributed by atoms with Crippen molar-refractivity contribution in [3.05, 3.63) is 58.5 Å². The molecule has 1 aromatic heterocycles. The Hall–Kier alpha value is -3.44. The Balaban J connectivity index is 1.91. The fourth-order valence-electron chi connectivity index (χ4n) is 2.98. The number of carbonyl (C=O) groups excluding carboxylic acids is 1. The number of nitrogens with one attached hydrogen (secondary N) is 2. The number of sulfonamides is 1. The molecule has 2 N–H and O–H groups in total. The van der Waals surface area contributed by atoms with Crippen LogP contribution >= 0.6 is 0 Å². The van der Waals surface area contributed by atoms with E-state index in [0.717, 1.165) is 0 Å². The van der Waals surface area contributed by atoms with Gasteiger partial charge in [0.15, 0.2) is 17.2 Å². The lowest BCUT2D eigenvalue weighted by atomic mass is 10.1. The van der Waals surface area contributed by atoms with E-state index < -0.39 is 15.9 Å². The Labute approximate surface area is 178 Å². The Morgan fingerprint density at radius 3 is 2.39 bits per heavy atom. The first kappa shape index (κ1) is 22.2. The molecule has 10 nitrogen and oxygen atoms in total. The van der Waals surface area contributed by atoms with E-state index in [1.54, 1.807) is 24.3 Å². The summed E-state index contributed by atoms with van der Waals surface area (Å²) in [6.45, 7) is 2.20. The lowest BCUT2D eigenvalue weighted by Crippen LogP contribution is -2.42. The molecular weight excluding hydrogens is 424 g/mol. The average Bonchev–Trinajstić information content (AvgIpc) is 2.79. The number of methoxy groups -OCH3 is 2. The van der Waals surface area contributed by atoms with Gasteiger partial charge in [0.05, 0.1) is 24.5 Å². The summed E-state index contributed by atoms with van der Waals surface area (Å²) in [6.07, 6.45) is 0.637. The molecule has 0 spiro atoms. The van der Waals surface area contributed by atoms with Crippen LogP contribution in [-0.2, 0) is 16.6 Å². The first-order chi connectivity index (χ1) is 14.8. The number of fused-ring (bicyclic) bond motifs is 1. The van der Waals surface area contributed by atoms with Crippen LogP contribution in [0.2, 0.25) is 0 Å². The van der Waals surface area contributed by atoms with Crippen molar-refractivity contribution >= 4 is 26.7 Å². The first-order valence-electron chi connectivity index (χ1n) is 9.36. The summed E-state index contributed by atoms with van der Waals surface area (Å²) in [5, 5.41) is 4.77. The maximum atomic E-state index is 12.8. The quantitative estimate of drug-likeness (QED) is 0.501. The zero-order valence-electron chi connectivity index (χ0n) is 17.2. The number of aromatic nitrogens is 2. The minimum absolute atomic E-state index is 0.0707. The Morgan fingerprint density at radius 2 is 1.74 bits per heavy atom. The van der Waals surface area contributed by atoms with Gasteiger partial charge >= 0.3 is 0 Å². The van der Waals surface area contributed by atoms with E-state index >= 15 is 0 Å². The maximum absolute atomic E-state index is 12.8. The first-order valence-corrected chi connectivity index (χ1v) is 10.8. The SMILES string of the molecule is CCCn1nc(C(=O)NNS(=O)(=O)c2ccc(OC)c(OC)c2)c2ccccc2c1=O. The molecule has 0 aliphatic carbocycles. The second-order valence-electron chi connectivity index (χ2n) is 6.50. The number of carbonyl (C=O) groups is 1. The molecule has 0 radical (unpaired) electrons. The van der Waals surface area contributed by atoms with Crippen molar-refractivity contribution < 1.29 is 22.7 Å². The van der Waals surface area contributed by atoms with Gasteiger partial charge in [-0.25, -0.2) is 13.1 Å². The van der Waals surface area contributed by atoms with Crippen LogP contribution < -0.4 is 25.3 Å². The van der Waals surface area contributed by atoms with Gasteiger partial charge in [-0.2, -0.15) is 5.10 Å². The van der Waals surface area contributed by atoms with Crippen LogP contribution in [0.15, 0.2) is 52.2 Å². The summed E-state index contributed by atoms with van der Waals surface area (Å²) in [4.78, 5) is 27.2. The molecule has 3 aromatic rings. The number of hydrogen-bond acceptors (Lipinski definition) is 7. The van der Waals surface area contributed by atoms with Gasteiger partial charge in [0.1, 0.15) is 0 Å². The van der Waals surface area contributed by atoms with Gasteiger partial charge in [0, 0.05) is 18.0 Å². The molecule has 11 heteroatoms. The van der Waals surface area contributed by atoms with Crippen molar-refractivity contribution in [1.29, 1.82) is 0 Å². The van der Waals surface area contributed by atoms with Crippen molar-refractivity contribution in [2.45, 2.75) is 24.8 Å². The van der Waals surface area contributed by atoms with Crippen molar-refractivity contribution in [2.24, 2.45) is 0 Å². The van der Waals surface area contributed by atoms with Crippen molar-refractivity contribution in [3.63, 3.8) is 0 Å². The normalized spacial score (nSPS) is 11.3. The van der Waals surface area contributed by atoms with Crippen LogP contribution in [0, 0.1) is 0 Å². The van der Waals surface area contributed by atoms with Crippen molar-refractivity contribution in [1.82, 2.24) is 20.0 Å². The molecule has 31 heavy (non-hydrogen) atoms. The molecule has 164 valence electrons. The highest BCUT2D eigenvalue weighted by Crippen LogP contribution is 2.29. The summed E-state index contributed by atoms with van der Waals surface area (Å²) in [5.74, 6) is -0.222. The van der Waals surface area contributed by atoms with Crippen LogP contribution in [0.1, 0.15) is 23.8 Å². The average molecular weight is 446 g/mol. The van der Waals surface area contributed by atoms with Crippen LogP contribution in [0.3, 0.4) is 0 Å². The zero-order valence-corrected chi connectivity index (χ0v) is 18.0. The summed E-state index contributed by atoms with van der Waals surface area (Å²) in [5.41, 5.74) is 1.77. The third kappa shape index (κ3) is 4.52. The molecule has 1 amide bonds. The maximum Gasteiger partial charge on any atom is 0.287 e. The molecule has 0 atom stereocenters. The fraction of sp³-hybridized carbons (Fsp3) is 0.250. The van der Waals surface area contributed by atoms with Crippen LogP contribution in [-0.4, -0.2) is 38.3 Å². The van der Waals surface area contributed by atoms with Crippen LogP contribution in [0.4, 0.5) is 0 Å². The van der Waals surface area contributed by atoms with Crippen molar-refractivity contribution in [2.75, 3.05) is 14.2 Å². The number of hydrogen-bond donors (Lipinski definition) is 2. The molecule has 0 saturated carbocycles. The highest BCUT2D eigenvalue weighted by Gasteiger charge is 2.21. The van der Waals surface area contributed by atoms with Gasteiger partial charge < -0.3 is 9.47 Å². The molecule has 0 bridgehead atoms. The van der Waals surface area contributed by atoms with Gasteiger partial charge in [0.25, 0.3) is 21.5 Å². The molecule has 2 aromatic carbocycles. The molecule has 0 aliphatic rings. The predicted octanol–water partition coefficient (Wildman–Crippen LogP) is 1.45. The van der Waals surface area contributed by atoms with E-state index in [-0.39, 0.29) is 21.9 Å². The van der Waals surface area contributed by atoms with Gasteiger partial charge in [0.2, 0.25) is 0 Å². The zero-order chi connectivity index (χ0) is 22.6. The second kappa shape index (κ2) is 9.14. The number of rotatable bonds is 8. The number of amides is 1. The van der Waals surface area contributed by atoms with Gasteiger partial charge in [-0.3, -0.25) is 15.0 Å². The monoisotopic (exact) mass is 446 g/mol. The molecule has 0 fully saturated rings. The van der Waals surface area contributed by atoms with Crippen molar-refractivity contribution in [3.8, 4) is 11.5 Å². The number of aryl methyl sites for hydroxylation is 1. The summed E-state index contributed by atoms with van der Waals surface area (Å²) >= 11 is 0. The minimum atomic E-state index is -4.12. The van der Waals surface area contributed by atoms with E-state index in [2.05, 4.69) is 10.5 Å². The van der Waals surface area contributed by atoms with E-state index in [9.17, 15) is 18.0 Å². The molecule has 0 unspecified atom stereocenters. The standard InChI is InChI=1S/C20H22N4O6S/c1-4-11-24-20(26)15-8-6-5-7-14(15)18(22-24)19(25)21-23-31(27,28)13-9-10-16(29-2)17(12-13)30-3/h5-10,12,23H,4,11H2,1-3H3,(H,21,25). The summed E-state index contributed by atoms with van der Waals surface area (Å²) in [7, 11) is -1.31. The summed E-state index contributed by atoms with van der Waals surface area (Å²) in [6, 6.07) is 10.5. The third-order valence-electron chi connectivity index (χ3n) is 4.48. The second-order valence-corrected chi connectivity index (χ2v) is 8.18. The van der Waals surface area contributed by atoms with Gasteiger partial charge in [-0.05, 0) is 24.6 Å². The Morgan fingerprint density at radius 1 is 1.06 bits per heavy atom. The minimum Gasteiger partial charge on any atom is -0.493 e. The molecule has 0 aliphatic heterocycles. The highest BCUT2D eigenvalue weighted by atomic mass is 32.2. The lowest BCUT2D eigenvalue weighted by Gasteiger charge is -2.13. The fourth-order valence-corrected chi connectivity index (χ4v) is 3.84.